The van der Waals surface area contributed by atoms with Crippen LogP contribution < -0.4 is 15.0 Å². The van der Waals surface area contributed by atoms with Crippen LogP contribution in [-0.2, 0) is 16.1 Å². The molecule has 8 heteroatoms. The minimum Gasteiger partial charge on any atom is -0.497 e. The third-order valence-electron chi connectivity index (χ3n) is 5.03. The van der Waals surface area contributed by atoms with E-state index >= 15 is 0 Å². The highest BCUT2D eigenvalue weighted by molar-refractivity contribution is 8.15. The molecule has 1 saturated heterocycles. The molecule has 1 fully saturated rings. The van der Waals surface area contributed by atoms with Gasteiger partial charge in [0.2, 0.25) is 11.8 Å². The van der Waals surface area contributed by atoms with Crippen molar-refractivity contribution in [3.63, 3.8) is 0 Å². The van der Waals surface area contributed by atoms with Crippen LogP contribution in [-0.4, -0.2) is 29.3 Å². The van der Waals surface area contributed by atoms with Gasteiger partial charge in [-0.15, -0.1) is 0 Å². The number of ether oxygens (including phenoxy) is 1. The Bertz CT molecular complexity index is 1150. The maximum absolute atomic E-state index is 13.1. The molecule has 1 aliphatic heterocycles. The number of rotatable bonds is 6. The largest absolute Gasteiger partial charge is 0.497 e. The number of hydrogen-bond acceptors (Lipinski definition) is 5. The van der Waals surface area contributed by atoms with E-state index in [1.165, 1.54) is 16.7 Å². The average molecular weight is 480 g/mol. The van der Waals surface area contributed by atoms with Crippen LogP contribution in [0.3, 0.4) is 0 Å². The quantitative estimate of drug-likeness (QED) is 0.292. The summed E-state index contributed by atoms with van der Waals surface area (Å²) in [5.41, 5.74) is 2.37. The maximum atomic E-state index is 13.1. The first-order valence-electron chi connectivity index (χ1n) is 10.3. The molecule has 0 aromatic heterocycles. The molecule has 0 aliphatic carbocycles. The van der Waals surface area contributed by atoms with Crippen molar-refractivity contribution in [3.8, 4) is 5.75 Å². The SMILES string of the molecule is COc1ccc(N2C(=O)C[C@@H](SC(=NCc3ccc(Cl)cc3)Nc3ccccc3)C2=O)cc1. The molecule has 0 spiro atoms. The normalized spacial score (nSPS) is 16.2. The van der Waals surface area contributed by atoms with Crippen molar-refractivity contribution in [1.29, 1.82) is 0 Å². The molecule has 0 saturated carbocycles. The number of imide groups is 1. The lowest BCUT2D eigenvalue weighted by atomic mass is 10.2. The zero-order valence-electron chi connectivity index (χ0n) is 17.9. The predicted octanol–water partition coefficient (Wildman–Crippen LogP) is 5.38. The lowest BCUT2D eigenvalue weighted by Crippen LogP contribution is -2.31. The number of amides is 2. The van der Waals surface area contributed by atoms with E-state index in [2.05, 4.69) is 10.3 Å². The minimum atomic E-state index is -0.570. The Morgan fingerprint density at radius 3 is 2.42 bits per heavy atom. The maximum Gasteiger partial charge on any atom is 0.247 e. The summed E-state index contributed by atoms with van der Waals surface area (Å²) >= 11 is 7.24. The van der Waals surface area contributed by atoms with Gasteiger partial charge in [0.25, 0.3) is 0 Å². The number of nitrogens with zero attached hydrogens (tertiary/aromatic N) is 2. The average Bonchev–Trinajstić information content (AvgIpc) is 3.11. The Labute approximate surface area is 201 Å². The summed E-state index contributed by atoms with van der Waals surface area (Å²) in [6, 6.07) is 23.9. The van der Waals surface area contributed by atoms with Crippen molar-refractivity contribution >= 4 is 51.7 Å². The van der Waals surface area contributed by atoms with Crippen molar-refractivity contribution in [2.75, 3.05) is 17.3 Å². The molecule has 0 unspecified atom stereocenters. The van der Waals surface area contributed by atoms with Crippen molar-refractivity contribution in [2.45, 2.75) is 18.2 Å². The van der Waals surface area contributed by atoms with E-state index in [-0.39, 0.29) is 18.2 Å². The van der Waals surface area contributed by atoms with E-state index < -0.39 is 5.25 Å². The summed E-state index contributed by atoms with van der Waals surface area (Å²) in [5.74, 6) is 0.163. The number of nitrogens with one attached hydrogen (secondary N) is 1. The monoisotopic (exact) mass is 479 g/mol. The van der Waals surface area contributed by atoms with Crippen LogP contribution in [0.2, 0.25) is 5.02 Å². The van der Waals surface area contributed by atoms with Crippen LogP contribution in [0.5, 0.6) is 5.75 Å². The molecule has 1 aliphatic rings. The first kappa shape index (κ1) is 22.9. The van der Waals surface area contributed by atoms with Gasteiger partial charge in [-0.2, -0.15) is 0 Å². The standard InChI is InChI=1S/C25H22ClN3O3S/c1-32-21-13-11-20(12-14-21)29-23(30)15-22(24(29)31)33-25(28-19-5-3-2-4-6-19)27-16-17-7-9-18(26)10-8-17/h2-14,22H,15-16H2,1H3,(H,27,28)/t22-/m1/s1. The Morgan fingerprint density at radius 2 is 1.76 bits per heavy atom. The van der Waals surface area contributed by atoms with Gasteiger partial charge in [0, 0.05) is 17.1 Å². The molecule has 0 bridgehead atoms. The minimum absolute atomic E-state index is 0.103. The number of hydrogen-bond donors (Lipinski definition) is 1. The van der Waals surface area contributed by atoms with Gasteiger partial charge >= 0.3 is 0 Å². The molecule has 33 heavy (non-hydrogen) atoms. The van der Waals surface area contributed by atoms with Gasteiger partial charge in [-0.05, 0) is 54.1 Å². The van der Waals surface area contributed by atoms with E-state index in [1.807, 2.05) is 54.6 Å². The van der Waals surface area contributed by atoms with Crippen LogP contribution in [0.25, 0.3) is 0 Å². The van der Waals surface area contributed by atoms with E-state index in [0.717, 1.165) is 11.3 Å². The molecule has 3 aromatic rings. The molecular formula is C25H22ClN3O3S. The zero-order chi connectivity index (χ0) is 23.2. The summed E-state index contributed by atoms with van der Waals surface area (Å²) < 4.78 is 5.16. The van der Waals surface area contributed by atoms with Crippen LogP contribution in [0.4, 0.5) is 11.4 Å². The summed E-state index contributed by atoms with van der Waals surface area (Å²) in [6.45, 7) is 0.413. The smallest absolute Gasteiger partial charge is 0.247 e. The van der Waals surface area contributed by atoms with E-state index in [0.29, 0.717) is 28.2 Å². The molecule has 168 valence electrons. The molecule has 4 rings (SSSR count). The number of carbonyl (C=O) groups is 2. The molecule has 1 atom stereocenters. The molecule has 6 nitrogen and oxygen atoms in total. The van der Waals surface area contributed by atoms with Crippen LogP contribution in [0.15, 0.2) is 83.9 Å². The van der Waals surface area contributed by atoms with Gasteiger partial charge in [0.15, 0.2) is 5.17 Å². The molecule has 1 N–H and O–H groups in total. The fraction of sp³-hybridized carbons (Fsp3) is 0.160. The summed E-state index contributed by atoms with van der Waals surface area (Å²) in [5, 5.41) is 3.94. The van der Waals surface area contributed by atoms with Gasteiger partial charge in [-0.1, -0.05) is 53.7 Å². The Hall–Kier alpha value is -3.29. The second kappa shape index (κ2) is 10.6. The van der Waals surface area contributed by atoms with E-state index in [4.69, 9.17) is 16.3 Å². The van der Waals surface area contributed by atoms with Crippen molar-refractivity contribution < 1.29 is 14.3 Å². The summed E-state index contributed by atoms with van der Waals surface area (Å²) in [6.07, 6.45) is 0.103. The Morgan fingerprint density at radius 1 is 1.06 bits per heavy atom. The number of para-hydroxylation sites is 1. The third kappa shape index (κ3) is 5.74. The number of aliphatic imine (C=N–C) groups is 1. The number of halogens is 1. The van der Waals surface area contributed by atoms with Gasteiger partial charge in [-0.25, -0.2) is 4.90 Å². The summed E-state index contributed by atoms with van der Waals surface area (Å²) in [7, 11) is 1.57. The highest BCUT2D eigenvalue weighted by Crippen LogP contribution is 2.31. The van der Waals surface area contributed by atoms with Gasteiger partial charge in [0.05, 0.1) is 19.3 Å². The number of methoxy groups -OCH3 is 1. The van der Waals surface area contributed by atoms with E-state index in [1.54, 1.807) is 31.4 Å². The number of amidine groups is 1. The van der Waals surface area contributed by atoms with Gasteiger partial charge < -0.3 is 10.1 Å². The molecule has 2 amide bonds. The van der Waals surface area contributed by atoms with Gasteiger partial charge in [0.1, 0.15) is 11.0 Å². The number of carbonyl (C=O) groups excluding carboxylic acids is 2. The van der Waals surface area contributed by atoms with Gasteiger partial charge in [-0.3, -0.25) is 14.6 Å². The third-order valence-corrected chi connectivity index (χ3v) is 6.39. The first-order valence-corrected chi connectivity index (χ1v) is 11.6. The van der Waals surface area contributed by atoms with Crippen molar-refractivity contribution in [1.82, 2.24) is 0 Å². The van der Waals surface area contributed by atoms with Crippen LogP contribution in [0.1, 0.15) is 12.0 Å². The topological polar surface area (TPSA) is 71.0 Å². The highest BCUT2D eigenvalue weighted by atomic mass is 35.5. The lowest BCUT2D eigenvalue weighted by Gasteiger charge is -2.16. The predicted molar refractivity (Wildman–Crippen MR) is 134 cm³/mol. The molecule has 3 aromatic carbocycles. The molecular weight excluding hydrogens is 458 g/mol. The molecule has 0 radical (unpaired) electrons. The first-order chi connectivity index (χ1) is 16.0. The second-order valence-electron chi connectivity index (χ2n) is 7.31. The van der Waals surface area contributed by atoms with Crippen molar-refractivity contribution in [3.05, 3.63) is 89.4 Å². The highest BCUT2D eigenvalue weighted by Gasteiger charge is 2.40. The van der Waals surface area contributed by atoms with Crippen molar-refractivity contribution in [2.24, 2.45) is 4.99 Å². The fourth-order valence-electron chi connectivity index (χ4n) is 3.34. The fourth-order valence-corrected chi connectivity index (χ4v) is 4.48. The van der Waals surface area contributed by atoms with Crippen LogP contribution >= 0.6 is 23.4 Å². The summed E-state index contributed by atoms with van der Waals surface area (Å²) in [4.78, 5) is 31.7. The number of benzene rings is 3. The molecule has 1 heterocycles. The van der Waals surface area contributed by atoms with Crippen LogP contribution in [0, 0.1) is 0 Å². The Balaban J connectivity index is 1.53. The van der Waals surface area contributed by atoms with E-state index in [9.17, 15) is 9.59 Å². The zero-order valence-corrected chi connectivity index (χ0v) is 19.5. The second-order valence-corrected chi connectivity index (χ2v) is 8.94. The number of thioether (sulfide) groups is 1. The Kier molecular flexibility index (Phi) is 7.32. The lowest BCUT2D eigenvalue weighted by molar-refractivity contribution is -0.121. The number of anilines is 2.